The molecule has 0 bridgehead atoms. The van der Waals surface area contributed by atoms with Crippen molar-refractivity contribution in [3.05, 3.63) is 69.7 Å². The lowest BCUT2D eigenvalue weighted by Crippen LogP contribution is -2.42. The van der Waals surface area contributed by atoms with Crippen LogP contribution >= 0.6 is 22.9 Å². The van der Waals surface area contributed by atoms with Crippen molar-refractivity contribution in [2.24, 2.45) is 0 Å². The summed E-state index contributed by atoms with van der Waals surface area (Å²) in [6, 6.07) is 15.0. The van der Waals surface area contributed by atoms with Crippen LogP contribution in [0.5, 0.6) is 11.5 Å². The van der Waals surface area contributed by atoms with Crippen LogP contribution < -0.4 is 9.47 Å². The van der Waals surface area contributed by atoms with Gasteiger partial charge in [-0.15, -0.1) is 11.3 Å². The van der Waals surface area contributed by atoms with E-state index in [1.54, 1.807) is 4.90 Å². The molecule has 0 amide bonds. The SMILES string of the molecule is N=C1C(c2nc(-c3ccc(Cl)cc3)cs2)=C(O)CN1C[C@@H]1COc2ccccc2O1. The number of aromatic nitrogens is 1. The van der Waals surface area contributed by atoms with Crippen LogP contribution in [0.4, 0.5) is 0 Å². The quantitative estimate of drug-likeness (QED) is 0.606. The number of hydrogen-bond donors (Lipinski definition) is 2. The van der Waals surface area contributed by atoms with E-state index in [9.17, 15) is 5.11 Å². The molecule has 0 saturated carbocycles. The number of hydrogen-bond acceptors (Lipinski definition) is 6. The van der Waals surface area contributed by atoms with Gasteiger partial charge in [-0.2, -0.15) is 0 Å². The highest BCUT2D eigenvalue weighted by Gasteiger charge is 2.33. The molecule has 0 fully saturated rings. The van der Waals surface area contributed by atoms with E-state index in [0.717, 1.165) is 17.0 Å². The van der Waals surface area contributed by atoms with Crippen LogP contribution in [-0.4, -0.2) is 46.6 Å². The summed E-state index contributed by atoms with van der Waals surface area (Å²) in [5.74, 6) is 1.81. The van der Waals surface area contributed by atoms with Crippen LogP contribution in [0.25, 0.3) is 16.8 Å². The van der Waals surface area contributed by atoms with Gasteiger partial charge in [-0.05, 0) is 24.3 Å². The Kier molecular flexibility index (Phi) is 4.84. The number of para-hydroxylation sites is 2. The second-order valence-corrected chi connectivity index (χ2v) is 8.39. The maximum Gasteiger partial charge on any atom is 0.161 e. The summed E-state index contributed by atoms with van der Waals surface area (Å²) in [6.07, 6.45) is -0.228. The fraction of sp³-hybridized carbons (Fsp3) is 0.182. The topological polar surface area (TPSA) is 78.7 Å². The molecule has 2 aliphatic heterocycles. The minimum absolute atomic E-state index is 0.147. The summed E-state index contributed by atoms with van der Waals surface area (Å²) in [4.78, 5) is 6.43. The van der Waals surface area contributed by atoms with Gasteiger partial charge in [0.05, 0.1) is 24.4 Å². The number of aliphatic hydroxyl groups excluding tert-OH is 1. The molecule has 0 unspecified atom stereocenters. The number of amidine groups is 1. The number of benzene rings is 2. The number of rotatable bonds is 4. The fourth-order valence-electron chi connectivity index (χ4n) is 3.55. The summed E-state index contributed by atoms with van der Waals surface area (Å²) in [5, 5.41) is 22.4. The van der Waals surface area contributed by atoms with E-state index >= 15 is 0 Å². The van der Waals surface area contributed by atoms with Gasteiger partial charge < -0.3 is 19.5 Å². The minimum atomic E-state index is -0.228. The lowest BCUT2D eigenvalue weighted by atomic mass is 10.2. The first-order chi connectivity index (χ1) is 14.6. The zero-order valence-corrected chi connectivity index (χ0v) is 17.4. The summed E-state index contributed by atoms with van der Waals surface area (Å²) in [5.41, 5.74) is 2.20. The van der Waals surface area contributed by atoms with Gasteiger partial charge in [-0.3, -0.25) is 5.41 Å². The number of nitrogens with one attached hydrogen (secondary N) is 1. The maximum atomic E-state index is 10.6. The molecule has 3 aromatic rings. The van der Waals surface area contributed by atoms with Crippen LogP contribution in [0.2, 0.25) is 5.02 Å². The Balaban J connectivity index is 1.31. The molecule has 0 aliphatic carbocycles. The lowest BCUT2D eigenvalue weighted by molar-refractivity contribution is 0.0751. The Morgan fingerprint density at radius 3 is 2.73 bits per heavy atom. The van der Waals surface area contributed by atoms with Gasteiger partial charge in [0.1, 0.15) is 23.2 Å². The Morgan fingerprint density at radius 2 is 1.93 bits per heavy atom. The van der Waals surface area contributed by atoms with Crippen LogP contribution in [-0.2, 0) is 0 Å². The number of ether oxygens (including phenoxy) is 2. The van der Waals surface area contributed by atoms with Gasteiger partial charge in [-0.25, -0.2) is 4.98 Å². The van der Waals surface area contributed by atoms with E-state index in [2.05, 4.69) is 4.98 Å². The van der Waals surface area contributed by atoms with Crippen molar-refractivity contribution < 1.29 is 14.6 Å². The molecule has 5 rings (SSSR count). The Morgan fingerprint density at radius 1 is 1.17 bits per heavy atom. The van der Waals surface area contributed by atoms with Crippen LogP contribution in [0.3, 0.4) is 0 Å². The summed E-state index contributed by atoms with van der Waals surface area (Å²) in [7, 11) is 0. The second kappa shape index (κ2) is 7.66. The first-order valence-electron chi connectivity index (χ1n) is 9.45. The van der Waals surface area contributed by atoms with E-state index in [-0.39, 0.29) is 24.2 Å². The van der Waals surface area contributed by atoms with E-state index in [1.807, 2.05) is 53.9 Å². The van der Waals surface area contributed by atoms with Crippen molar-refractivity contribution in [1.82, 2.24) is 9.88 Å². The molecule has 2 aliphatic rings. The van der Waals surface area contributed by atoms with Crippen molar-refractivity contribution in [2.75, 3.05) is 19.7 Å². The molecule has 0 spiro atoms. The molecular formula is C22H18ClN3O3S. The number of nitrogens with zero attached hydrogens (tertiary/aromatic N) is 2. The first-order valence-corrected chi connectivity index (χ1v) is 10.7. The number of fused-ring (bicyclic) bond motifs is 1. The molecule has 30 heavy (non-hydrogen) atoms. The lowest BCUT2D eigenvalue weighted by Gasteiger charge is -2.30. The second-order valence-electron chi connectivity index (χ2n) is 7.09. The third-order valence-corrected chi connectivity index (χ3v) is 6.14. The zero-order chi connectivity index (χ0) is 20.7. The largest absolute Gasteiger partial charge is 0.510 e. The predicted octanol–water partition coefficient (Wildman–Crippen LogP) is 4.87. The maximum absolute atomic E-state index is 10.6. The van der Waals surface area contributed by atoms with E-state index in [1.165, 1.54) is 11.3 Å². The molecule has 2 aromatic carbocycles. The standard InChI is InChI=1S/C22H18ClN3O3S/c23-14-7-5-13(6-8-14)16-12-30-22(25-16)20-17(27)10-26(21(20)24)9-15-11-28-18-3-1-2-4-19(18)29-15/h1-8,12,15,24,27H,9-11H2/t15-/m1/s1. The fourth-order valence-corrected chi connectivity index (χ4v) is 4.58. The van der Waals surface area contributed by atoms with Crippen LogP contribution in [0, 0.1) is 5.41 Å². The molecule has 0 saturated heterocycles. The predicted molar refractivity (Wildman–Crippen MR) is 118 cm³/mol. The highest BCUT2D eigenvalue weighted by Crippen LogP contribution is 2.34. The van der Waals surface area contributed by atoms with Gasteiger partial charge in [-0.1, -0.05) is 35.9 Å². The van der Waals surface area contributed by atoms with Gasteiger partial charge in [0, 0.05) is 16.0 Å². The number of halogens is 1. The average Bonchev–Trinajstić information content (AvgIpc) is 3.33. The summed E-state index contributed by atoms with van der Waals surface area (Å²) in [6.45, 7) is 1.09. The summed E-state index contributed by atoms with van der Waals surface area (Å²) < 4.78 is 11.8. The monoisotopic (exact) mass is 439 g/mol. The molecule has 6 nitrogen and oxygen atoms in total. The smallest absolute Gasteiger partial charge is 0.161 e. The van der Waals surface area contributed by atoms with E-state index in [0.29, 0.717) is 34.5 Å². The van der Waals surface area contributed by atoms with Crippen LogP contribution in [0.15, 0.2) is 59.7 Å². The molecule has 152 valence electrons. The Hall–Kier alpha value is -3.03. The first kappa shape index (κ1) is 19.0. The molecule has 1 atom stereocenters. The molecule has 8 heteroatoms. The average molecular weight is 440 g/mol. The van der Waals surface area contributed by atoms with Crippen molar-refractivity contribution in [1.29, 1.82) is 5.41 Å². The number of aliphatic hydroxyl groups is 1. The normalized spacial score (nSPS) is 18.2. The van der Waals surface area contributed by atoms with E-state index in [4.69, 9.17) is 26.5 Å². The van der Waals surface area contributed by atoms with Crippen molar-refractivity contribution in [2.45, 2.75) is 6.10 Å². The summed E-state index contributed by atoms with van der Waals surface area (Å²) >= 11 is 7.37. The number of thiazole rings is 1. The Bertz CT molecular complexity index is 1140. The van der Waals surface area contributed by atoms with Crippen molar-refractivity contribution in [3.63, 3.8) is 0 Å². The van der Waals surface area contributed by atoms with Gasteiger partial charge >= 0.3 is 0 Å². The highest BCUT2D eigenvalue weighted by atomic mass is 35.5. The third kappa shape index (κ3) is 3.51. The zero-order valence-electron chi connectivity index (χ0n) is 15.8. The molecular weight excluding hydrogens is 422 g/mol. The van der Waals surface area contributed by atoms with Crippen molar-refractivity contribution >= 4 is 34.3 Å². The van der Waals surface area contributed by atoms with Gasteiger partial charge in [0.2, 0.25) is 0 Å². The third-order valence-electron chi connectivity index (χ3n) is 5.03. The molecule has 0 radical (unpaired) electrons. The van der Waals surface area contributed by atoms with E-state index < -0.39 is 0 Å². The molecule has 3 heterocycles. The van der Waals surface area contributed by atoms with Crippen LogP contribution in [0.1, 0.15) is 5.01 Å². The van der Waals surface area contributed by atoms with Crippen molar-refractivity contribution in [3.8, 4) is 22.8 Å². The van der Waals surface area contributed by atoms with Gasteiger partial charge in [0.15, 0.2) is 17.6 Å². The Labute approximate surface area is 182 Å². The molecule has 1 aromatic heterocycles. The van der Waals surface area contributed by atoms with Gasteiger partial charge in [0.25, 0.3) is 0 Å². The highest BCUT2D eigenvalue weighted by molar-refractivity contribution is 7.11. The molecule has 2 N–H and O–H groups in total. The minimum Gasteiger partial charge on any atom is -0.510 e.